The van der Waals surface area contributed by atoms with Gasteiger partial charge in [-0.05, 0) is 38.1 Å². The summed E-state index contributed by atoms with van der Waals surface area (Å²) in [5.41, 5.74) is 1.03. The summed E-state index contributed by atoms with van der Waals surface area (Å²) in [4.78, 5) is 16.0. The fourth-order valence-corrected chi connectivity index (χ4v) is 3.15. The minimum absolute atomic E-state index is 0.0320. The molecule has 0 spiro atoms. The van der Waals surface area contributed by atoms with Crippen molar-refractivity contribution in [2.45, 2.75) is 26.1 Å². The number of hydrogen-bond acceptors (Lipinski definition) is 3. The van der Waals surface area contributed by atoms with Gasteiger partial charge in [-0.2, -0.15) is 18.3 Å². The molecule has 2 amide bonds. The third-order valence-electron chi connectivity index (χ3n) is 4.25. The van der Waals surface area contributed by atoms with Gasteiger partial charge in [-0.15, -0.1) is 0 Å². The Hall–Kier alpha value is -3.07. The van der Waals surface area contributed by atoms with Gasteiger partial charge in [0.1, 0.15) is 0 Å². The second-order valence-corrected chi connectivity index (χ2v) is 6.60. The lowest BCUT2D eigenvalue weighted by molar-refractivity contribution is -0.155. The molecule has 0 saturated heterocycles. The number of halogens is 4. The number of benzene rings is 1. The quantitative estimate of drug-likeness (QED) is 0.582. The number of amides is 2. The largest absolute Gasteiger partial charge is 0.413 e. The number of carbonyl (C=O) groups excluding carboxylic acids is 1. The molecule has 0 aliphatic heterocycles. The molecular formula is C19H17ClF3N5O. The number of nitrogens with zero attached hydrogens (tertiary/aromatic N) is 3. The summed E-state index contributed by atoms with van der Waals surface area (Å²) >= 11 is 5.84. The van der Waals surface area contributed by atoms with Crippen molar-refractivity contribution in [3.63, 3.8) is 0 Å². The molecule has 2 aromatic heterocycles. The van der Waals surface area contributed by atoms with Crippen LogP contribution in [0.4, 0.5) is 23.7 Å². The molecule has 0 bridgehead atoms. The van der Waals surface area contributed by atoms with Gasteiger partial charge < -0.3 is 10.6 Å². The van der Waals surface area contributed by atoms with E-state index >= 15 is 0 Å². The van der Waals surface area contributed by atoms with E-state index in [2.05, 4.69) is 15.4 Å². The molecule has 2 heterocycles. The molecule has 0 fully saturated rings. The SMILES string of the molecule is Cc1nn(-c2ccccc2)c(C)c1[C@@H](NC(=O)Nc1cccnc1Cl)C(F)(F)F. The second kappa shape index (κ2) is 8.12. The molecule has 3 rings (SSSR count). The van der Waals surface area contributed by atoms with Crippen molar-refractivity contribution in [3.05, 3.63) is 70.8 Å². The minimum Gasteiger partial charge on any atom is -0.322 e. The van der Waals surface area contributed by atoms with Gasteiger partial charge in [0, 0.05) is 17.5 Å². The monoisotopic (exact) mass is 423 g/mol. The first-order valence-electron chi connectivity index (χ1n) is 8.54. The van der Waals surface area contributed by atoms with E-state index in [0.29, 0.717) is 5.69 Å². The zero-order valence-electron chi connectivity index (χ0n) is 15.5. The Morgan fingerprint density at radius 1 is 1.14 bits per heavy atom. The normalized spacial score (nSPS) is 12.5. The van der Waals surface area contributed by atoms with Crippen molar-refractivity contribution in [3.8, 4) is 5.69 Å². The summed E-state index contributed by atoms with van der Waals surface area (Å²) in [7, 11) is 0. The van der Waals surface area contributed by atoms with Crippen LogP contribution >= 0.6 is 11.6 Å². The van der Waals surface area contributed by atoms with Gasteiger partial charge in [-0.3, -0.25) is 0 Å². The van der Waals surface area contributed by atoms with Crippen LogP contribution in [0.3, 0.4) is 0 Å². The Balaban J connectivity index is 1.93. The first kappa shape index (κ1) is 20.7. The highest BCUT2D eigenvalue weighted by molar-refractivity contribution is 6.32. The Morgan fingerprint density at radius 3 is 2.45 bits per heavy atom. The molecule has 1 aromatic carbocycles. The molecule has 0 unspecified atom stereocenters. The molecule has 0 aliphatic carbocycles. The van der Waals surface area contributed by atoms with Crippen LogP contribution in [-0.4, -0.2) is 27.0 Å². The predicted molar refractivity (Wildman–Crippen MR) is 103 cm³/mol. The zero-order valence-corrected chi connectivity index (χ0v) is 16.2. The summed E-state index contributed by atoms with van der Waals surface area (Å²) in [6.07, 6.45) is -3.34. The van der Waals surface area contributed by atoms with Gasteiger partial charge in [0.05, 0.1) is 17.1 Å². The molecule has 0 radical (unpaired) electrons. The smallest absolute Gasteiger partial charge is 0.322 e. The lowest BCUT2D eigenvalue weighted by atomic mass is 10.0. The van der Waals surface area contributed by atoms with Crippen LogP contribution in [0.15, 0.2) is 48.7 Å². The first-order valence-corrected chi connectivity index (χ1v) is 8.92. The van der Waals surface area contributed by atoms with E-state index in [9.17, 15) is 18.0 Å². The van der Waals surface area contributed by atoms with Crippen LogP contribution < -0.4 is 10.6 Å². The number of aryl methyl sites for hydroxylation is 1. The summed E-state index contributed by atoms with van der Waals surface area (Å²) in [5.74, 6) is 0. The standard InChI is InChI=1S/C19H17ClF3N5O/c1-11-15(12(2)28(27-11)13-7-4-3-5-8-13)16(19(21,22)23)26-18(29)25-14-9-6-10-24-17(14)20/h3-10,16H,1-2H3,(H2,25,26,29)/t16-/m1/s1. The van der Waals surface area contributed by atoms with Gasteiger partial charge >= 0.3 is 12.2 Å². The third-order valence-corrected chi connectivity index (χ3v) is 4.55. The average Bonchev–Trinajstić information content (AvgIpc) is 2.96. The highest BCUT2D eigenvalue weighted by Gasteiger charge is 2.44. The zero-order chi connectivity index (χ0) is 21.2. The van der Waals surface area contributed by atoms with Gasteiger partial charge in [0.2, 0.25) is 0 Å². The lowest BCUT2D eigenvalue weighted by Crippen LogP contribution is -2.41. The highest BCUT2D eigenvalue weighted by atomic mass is 35.5. The van der Waals surface area contributed by atoms with Crippen molar-refractivity contribution >= 4 is 23.3 Å². The summed E-state index contributed by atoms with van der Waals surface area (Å²) in [5, 5.41) is 8.47. The third kappa shape index (κ3) is 4.51. The maximum Gasteiger partial charge on any atom is 0.413 e. The van der Waals surface area contributed by atoms with E-state index in [4.69, 9.17) is 11.6 Å². The second-order valence-electron chi connectivity index (χ2n) is 6.25. The van der Waals surface area contributed by atoms with Crippen LogP contribution in [0, 0.1) is 13.8 Å². The van der Waals surface area contributed by atoms with Gasteiger partial charge in [-0.1, -0.05) is 29.8 Å². The van der Waals surface area contributed by atoms with E-state index in [1.807, 2.05) is 5.32 Å². The van der Waals surface area contributed by atoms with Crippen molar-refractivity contribution < 1.29 is 18.0 Å². The topological polar surface area (TPSA) is 71.8 Å². The number of hydrogen-bond donors (Lipinski definition) is 2. The molecule has 6 nitrogen and oxygen atoms in total. The number of para-hydroxylation sites is 1. The van der Waals surface area contributed by atoms with Crippen LogP contribution in [-0.2, 0) is 0 Å². The number of aromatic nitrogens is 3. The Kier molecular flexibility index (Phi) is 5.78. The molecule has 29 heavy (non-hydrogen) atoms. The van der Waals surface area contributed by atoms with E-state index < -0.39 is 18.2 Å². The molecular weight excluding hydrogens is 407 g/mol. The van der Waals surface area contributed by atoms with Crippen molar-refractivity contribution in [1.29, 1.82) is 0 Å². The Bertz CT molecular complexity index is 1020. The molecule has 0 saturated carbocycles. The number of carbonyl (C=O) groups is 1. The van der Waals surface area contributed by atoms with E-state index in [1.54, 1.807) is 30.3 Å². The van der Waals surface area contributed by atoms with Gasteiger partial charge in [0.15, 0.2) is 11.2 Å². The van der Waals surface area contributed by atoms with E-state index in [-0.39, 0.29) is 27.8 Å². The Labute approximate surface area is 169 Å². The summed E-state index contributed by atoms with van der Waals surface area (Å²) in [6, 6.07) is 8.40. The van der Waals surface area contributed by atoms with Gasteiger partial charge in [-0.25, -0.2) is 14.5 Å². The van der Waals surface area contributed by atoms with E-state index in [1.165, 1.54) is 36.9 Å². The Morgan fingerprint density at radius 2 is 1.83 bits per heavy atom. The summed E-state index contributed by atoms with van der Waals surface area (Å²) in [6.45, 7) is 3.00. The number of rotatable bonds is 4. The van der Waals surface area contributed by atoms with Crippen molar-refractivity contribution in [2.24, 2.45) is 0 Å². The van der Waals surface area contributed by atoms with Crippen molar-refractivity contribution in [2.75, 3.05) is 5.32 Å². The minimum atomic E-state index is -4.74. The molecule has 152 valence electrons. The number of pyridine rings is 1. The molecule has 2 N–H and O–H groups in total. The highest BCUT2D eigenvalue weighted by Crippen LogP contribution is 2.36. The maximum atomic E-state index is 13.8. The van der Waals surface area contributed by atoms with Crippen LogP contribution in [0.5, 0.6) is 0 Å². The molecule has 0 aliphatic rings. The van der Waals surface area contributed by atoms with Crippen molar-refractivity contribution in [1.82, 2.24) is 20.1 Å². The number of urea groups is 1. The molecule has 10 heteroatoms. The van der Waals surface area contributed by atoms with E-state index in [0.717, 1.165) is 0 Å². The molecule has 1 atom stereocenters. The number of alkyl halides is 3. The number of anilines is 1. The fraction of sp³-hybridized carbons (Fsp3) is 0.211. The first-order chi connectivity index (χ1) is 13.7. The average molecular weight is 424 g/mol. The van der Waals surface area contributed by atoms with Gasteiger partial charge in [0.25, 0.3) is 0 Å². The lowest BCUT2D eigenvalue weighted by Gasteiger charge is -2.22. The number of nitrogens with one attached hydrogen (secondary N) is 2. The molecule has 3 aromatic rings. The van der Waals surface area contributed by atoms with Crippen LogP contribution in [0.25, 0.3) is 5.69 Å². The van der Waals surface area contributed by atoms with Crippen LogP contribution in [0.1, 0.15) is 23.0 Å². The maximum absolute atomic E-state index is 13.8. The summed E-state index contributed by atoms with van der Waals surface area (Å²) < 4.78 is 42.9. The van der Waals surface area contributed by atoms with Crippen LogP contribution in [0.2, 0.25) is 5.15 Å². The predicted octanol–water partition coefficient (Wildman–Crippen LogP) is 4.96. The fourth-order valence-electron chi connectivity index (χ4n) is 2.98.